The van der Waals surface area contributed by atoms with Crippen LogP contribution in [0, 0.1) is 6.92 Å². The Bertz CT molecular complexity index is 935. The Labute approximate surface area is 156 Å². The summed E-state index contributed by atoms with van der Waals surface area (Å²) in [5.41, 5.74) is 1.09. The van der Waals surface area contributed by atoms with Crippen molar-refractivity contribution in [3.63, 3.8) is 0 Å². The monoisotopic (exact) mass is 371 g/mol. The van der Waals surface area contributed by atoms with Crippen LogP contribution in [0.2, 0.25) is 0 Å². The topological polar surface area (TPSA) is 92.1 Å². The minimum absolute atomic E-state index is 0.0228. The Kier molecular flexibility index (Phi) is 4.25. The molecule has 2 aromatic rings. The van der Waals surface area contributed by atoms with E-state index >= 15 is 0 Å². The number of nitrogens with one attached hydrogen (secondary N) is 1. The van der Waals surface area contributed by atoms with Crippen LogP contribution in [0.3, 0.4) is 0 Å². The second kappa shape index (κ2) is 6.61. The summed E-state index contributed by atoms with van der Waals surface area (Å²) in [6.45, 7) is 5.10. The highest BCUT2D eigenvalue weighted by Crippen LogP contribution is 2.30. The predicted molar refractivity (Wildman–Crippen MR) is 96.5 cm³/mol. The maximum Gasteiger partial charge on any atom is 0.258 e. The summed E-state index contributed by atoms with van der Waals surface area (Å²) in [7, 11) is 0. The number of carbonyl (C=O) groups excluding carboxylic acids is 3. The van der Waals surface area contributed by atoms with E-state index in [9.17, 15) is 14.4 Å². The molecule has 0 unspecified atom stereocenters. The van der Waals surface area contributed by atoms with E-state index < -0.39 is 6.04 Å². The molecule has 8 nitrogen and oxygen atoms in total. The first kappa shape index (κ1) is 17.4. The number of benzene rings is 1. The van der Waals surface area contributed by atoms with E-state index in [0.717, 1.165) is 0 Å². The SMILES string of the molecule is CCOc1ccc2oc(C)c(C(=O)N3CCN4C(=O)CNC(=O)[C@@H]4C3)c2c1. The van der Waals surface area contributed by atoms with Crippen molar-refractivity contribution in [2.75, 3.05) is 32.8 Å². The number of ether oxygens (including phenoxy) is 1. The lowest BCUT2D eigenvalue weighted by Crippen LogP contribution is -2.66. The lowest BCUT2D eigenvalue weighted by atomic mass is 10.1. The molecule has 1 aromatic heterocycles. The normalized spacial score (nSPS) is 19.9. The molecule has 0 saturated carbocycles. The average Bonchev–Trinajstić information content (AvgIpc) is 2.99. The van der Waals surface area contributed by atoms with Gasteiger partial charge in [-0.3, -0.25) is 14.4 Å². The molecule has 8 heteroatoms. The summed E-state index contributed by atoms with van der Waals surface area (Å²) >= 11 is 0. The standard InChI is InChI=1S/C19H21N3O5/c1-3-26-12-4-5-15-13(8-12)17(11(2)27-15)19(25)21-6-7-22-14(10-21)18(24)20-9-16(22)23/h4-5,8,14H,3,6-7,9-10H2,1-2H3,(H,20,24)/t14-/m0/s1. The zero-order valence-electron chi connectivity index (χ0n) is 15.3. The molecular weight excluding hydrogens is 350 g/mol. The maximum absolute atomic E-state index is 13.2. The van der Waals surface area contributed by atoms with Crippen molar-refractivity contribution in [1.29, 1.82) is 0 Å². The number of carbonyl (C=O) groups is 3. The number of piperazine rings is 2. The highest BCUT2D eigenvalue weighted by atomic mass is 16.5. The molecule has 0 bridgehead atoms. The minimum atomic E-state index is -0.638. The molecule has 1 atom stereocenters. The Morgan fingerprint density at radius 2 is 2.15 bits per heavy atom. The lowest BCUT2D eigenvalue weighted by Gasteiger charge is -2.42. The molecule has 3 amide bonds. The lowest BCUT2D eigenvalue weighted by molar-refractivity contribution is -0.148. The molecule has 0 radical (unpaired) electrons. The fourth-order valence-electron chi connectivity index (χ4n) is 3.75. The third-order valence-electron chi connectivity index (χ3n) is 5.06. The summed E-state index contributed by atoms with van der Waals surface area (Å²) in [5, 5.41) is 3.27. The number of hydrogen-bond acceptors (Lipinski definition) is 5. The van der Waals surface area contributed by atoms with Gasteiger partial charge in [0.05, 0.1) is 25.3 Å². The van der Waals surface area contributed by atoms with Crippen LogP contribution in [-0.2, 0) is 9.59 Å². The van der Waals surface area contributed by atoms with Gasteiger partial charge in [0.2, 0.25) is 11.8 Å². The van der Waals surface area contributed by atoms with E-state index in [1.165, 1.54) is 0 Å². The molecule has 1 aromatic carbocycles. The van der Waals surface area contributed by atoms with Crippen molar-refractivity contribution in [3.05, 3.63) is 29.5 Å². The van der Waals surface area contributed by atoms with Crippen LogP contribution < -0.4 is 10.1 Å². The zero-order valence-corrected chi connectivity index (χ0v) is 15.3. The predicted octanol–water partition coefficient (Wildman–Crippen LogP) is 0.923. The van der Waals surface area contributed by atoms with Crippen LogP contribution in [-0.4, -0.2) is 66.3 Å². The van der Waals surface area contributed by atoms with Crippen LogP contribution in [0.5, 0.6) is 5.75 Å². The number of aryl methyl sites for hydroxylation is 1. The number of furan rings is 1. The molecule has 2 saturated heterocycles. The maximum atomic E-state index is 13.2. The second-order valence-electron chi connectivity index (χ2n) is 6.70. The van der Waals surface area contributed by atoms with Gasteiger partial charge >= 0.3 is 0 Å². The molecule has 3 heterocycles. The number of fused-ring (bicyclic) bond motifs is 2. The van der Waals surface area contributed by atoms with Gasteiger partial charge in [0.1, 0.15) is 23.1 Å². The minimum Gasteiger partial charge on any atom is -0.494 e. The Hall–Kier alpha value is -3.03. The van der Waals surface area contributed by atoms with Crippen molar-refractivity contribution in [1.82, 2.24) is 15.1 Å². The largest absolute Gasteiger partial charge is 0.494 e. The van der Waals surface area contributed by atoms with E-state index in [1.54, 1.807) is 34.9 Å². The van der Waals surface area contributed by atoms with E-state index in [1.807, 2.05) is 6.92 Å². The van der Waals surface area contributed by atoms with Crippen LogP contribution in [0.25, 0.3) is 11.0 Å². The Morgan fingerprint density at radius 3 is 2.93 bits per heavy atom. The van der Waals surface area contributed by atoms with E-state index in [4.69, 9.17) is 9.15 Å². The smallest absolute Gasteiger partial charge is 0.258 e. The molecule has 27 heavy (non-hydrogen) atoms. The molecular formula is C19H21N3O5. The Balaban J connectivity index is 1.65. The zero-order chi connectivity index (χ0) is 19.1. The summed E-state index contributed by atoms with van der Waals surface area (Å²) in [4.78, 5) is 40.5. The highest BCUT2D eigenvalue weighted by molar-refractivity contribution is 6.08. The molecule has 0 spiro atoms. The molecule has 2 fully saturated rings. The second-order valence-corrected chi connectivity index (χ2v) is 6.70. The van der Waals surface area contributed by atoms with Gasteiger partial charge in [-0.1, -0.05) is 0 Å². The summed E-state index contributed by atoms with van der Waals surface area (Å²) in [5.74, 6) is 0.653. The van der Waals surface area contributed by atoms with Crippen molar-refractivity contribution in [2.24, 2.45) is 0 Å². The van der Waals surface area contributed by atoms with Gasteiger partial charge in [-0.2, -0.15) is 0 Å². The number of hydrogen-bond donors (Lipinski definition) is 1. The molecule has 2 aliphatic heterocycles. The van der Waals surface area contributed by atoms with Crippen molar-refractivity contribution in [3.8, 4) is 5.75 Å². The van der Waals surface area contributed by atoms with E-state index in [-0.39, 0.29) is 30.8 Å². The van der Waals surface area contributed by atoms with E-state index in [0.29, 0.717) is 47.7 Å². The first-order chi connectivity index (χ1) is 13.0. The Morgan fingerprint density at radius 1 is 1.33 bits per heavy atom. The fourth-order valence-corrected chi connectivity index (χ4v) is 3.75. The van der Waals surface area contributed by atoms with Gasteiger partial charge in [0.25, 0.3) is 5.91 Å². The summed E-state index contributed by atoms with van der Waals surface area (Å²) in [6, 6.07) is 4.76. The molecule has 142 valence electrons. The average molecular weight is 371 g/mol. The van der Waals surface area contributed by atoms with E-state index in [2.05, 4.69) is 5.32 Å². The number of rotatable bonds is 3. The van der Waals surface area contributed by atoms with Crippen LogP contribution in [0.15, 0.2) is 22.6 Å². The van der Waals surface area contributed by atoms with Crippen molar-refractivity contribution < 1.29 is 23.5 Å². The molecule has 2 aliphatic rings. The van der Waals surface area contributed by atoms with Crippen molar-refractivity contribution in [2.45, 2.75) is 19.9 Å². The molecule has 0 aliphatic carbocycles. The van der Waals surface area contributed by atoms with Crippen LogP contribution >= 0.6 is 0 Å². The first-order valence-corrected chi connectivity index (χ1v) is 9.02. The number of amides is 3. The van der Waals surface area contributed by atoms with Gasteiger partial charge in [-0.05, 0) is 32.0 Å². The molecule has 4 rings (SSSR count). The quantitative estimate of drug-likeness (QED) is 0.866. The number of nitrogens with zero attached hydrogens (tertiary/aromatic N) is 2. The first-order valence-electron chi connectivity index (χ1n) is 9.02. The summed E-state index contributed by atoms with van der Waals surface area (Å²) in [6.07, 6.45) is 0. The van der Waals surface area contributed by atoms with Gasteiger partial charge in [0.15, 0.2) is 0 Å². The summed E-state index contributed by atoms with van der Waals surface area (Å²) < 4.78 is 11.3. The third-order valence-corrected chi connectivity index (χ3v) is 5.06. The fraction of sp³-hybridized carbons (Fsp3) is 0.421. The van der Waals surface area contributed by atoms with Gasteiger partial charge in [-0.15, -0.1) is 0 Å². The van der Waals surface area contributed by atoms with Crippen LogP contribution in [0.4, 0.5) is 0 Å². The van der Waals surface area contributed by atoms with Gasteiger partial charge < -0.3 is 24.3 Å². The van der Waals surface area contributed by atoms with Crippen LogP contribution in [0.1, 0.15) is 23.0 Å². The highest BCUT2D eigenvalue weighted by Gasteiger charge is 2.40. The van der Waals surface area contributed by atoms with Gasteiger partial charge in [0, 0.05) is 18.5 Å². The van der Waals surface area contributed by atoms with Gasteiger partial charge in [-0.25, -0.2) is 0 Å². The third kappa shape index (κ3) is 2.90. The van der Waals surface area contributed by atoms with Crippen molar-refractivity contribution >= 4 is 28.7 Å². The molecule has 1 N–H and O–H groups in total.